The molecule has 0 saturated heterocycles. The number of nitrogens with zero attached hydrogens (tertiary/aromatic N) is 4. The number of aromatic nitrogens is 3. The van der Waals surface area contributed by atoms with E-state index in [4.69, 9.17) is 16.3 Å². The maximum atomic E-state index is 13.6. The van der Waals surface area contributed by atoms with Crippen LogP contribution in [0, 0.1) is 12.8 Å². The minimum atomic E-state index is -0.292. The van der Waals surface area contributed by atoms with Crippen molar-refractivity contribution in [3.05, 3.63) is 70.1 Å². The van der Waals surface area contributed by atoms with Gasteiger partial charge in [-0.3, -0.25) is 24.0 Å². The van der Waals surface area contributed by atoms with Gasteiger partial charge in [-0.15, -0.1) is 11.3 Å². The summed E-state index contributed by atoms with van der Waals surface area (Å²) in [5.41, 5.74) is 2.46. The fourth-order valence-corrected chi connectivity index (χ4v) is 5.03. The fourth-order valence-electron chi connectivity index (χ4n) is 4.17. The summed E-state index contributed by atoms with van der Waals surface area (Å²) in [6, 6.07) is 7.10. The lowest BCUT2D eigenvalue weighted by molar-refractivity contribution is -0.118. The van der Waals surface area contributed by atoms with E-state index in [1.54, 1.807) is 41.1 Å². The van der Waals surface area contributed by atoms with Crippen LogP contribution in [0.25, 0.3) is 10.9 Å². The lowest BCUT2D eigenvalue weighted by atomic mass is 10.1. The molecule has 1 saturated carbocycles. The van der Waals surface area contributed by atoms with E-state index in [1.165, 1.54) is 17.5 Å². The van der Waals surface area contributed by atoms with Gasteiger partial charge in [0, 0.05) is 41.6 Å². The second kappa shape index (κ2) is 9.19. The third kappa shape index (κ3) is 4.19. The maximum Gasteiger partial charge on any atom is 0.265 e. The summed E-state index contributed by atoms with van der Waals surface area (Å²) in [7, 11) is 1.59. The summed E-state index contributed by atoms with van der Waals surface area (Å²) in [6.07, 6.45) is 7.12. The van der Waals surface area contributed by atoms with E-state index in [0.717, 1.165) is 23.8 Å². The Hall–Kier alpha value is -3.23. The van der Waals surface area contributed by atoms with Crippen LogP contribution < -0.4 is 9.64 Å². The van der Waals surface area contributed by atoms with Crippen molar-refractivity contribution in [2.45, 2.75) is 26.2 Å². The Morgan fingerprint density at radius 3 is 2.76 bits per heavy atom. The van der Waals surface area contributed by atoms with Crippen LogP contribution in [0.2, 0.25) is 5.02 Å². The van der Waals surface area contributed by atoms with Crippen LogP contribution in [-0.2, 0) is 11.2 Å². The van der Waals surface area contributed by atoms with Gasteiger partial charge in [-0.05, 0) is 55.5 Å². The van der Waals surface area contributed by atoms with Gasteiger partial charge in [0.15, 0.2) is 5.13 Å². The molecular weight excluding hydrogens is 472 g/mol. The van der Waals surface area contributed by atoms with Gasteiger partial charge >= 0.3 is 0 Å². The predicted octanol–water partition coefficient (Wildman–Crippen LogP) is 5.14. The highest BCUT2D eigenvalue weighted by Crippen LogP contribution is 2.34. The van der Waals surface area contributed by atoms with Crippen molar-refractivity contribution in [1.82, 2.24) is 14.5 Å². The maximum absolute atomic E-state index is 13.6. The van der Waals surface area contributed by atoms with Crippen molar-refractivity contribution < 1.29 is 14.3 Å². The Balaban J connectivity index is 1.59. The SMILES string of the molecule is COc1ccc2c(c1)c(CC(=O)N(CC1CC1)c1nccs1)c(C)n2C(=O)c1cnccc1Cl. The predicted molar refractivity (Wildman–Crippen MR) is 133 cm³/mol. The highest BCUT2D eigenvalue weighted by Gasteiger charge is 2.30. The molecule has 0 atom stereocenters. The van der Waals surface area contributed by atoms with Gasteiger partial charge in [0.25, 0.3) is 5.91 Å². The van der Waals surface area contributed by atoms with E-state index in [2.05, 4.69) is 9.97 Å². The molecule has 0 unspecified atom stereocenters. The summed E-state index contributed by atoms with van der Waals surface area (Å²) in [6.45, 7) is 2.52. The number of fused-ring (bicyclic) bond motifs is 1. The lowest BCUT2D eigenvalue weighted by Gasteiger charge is -2.20. The van der Waals surface area contributed by atoms with Crippen molar-refractivity contribution >= 4 is 50.8 Å². The van der Waals surface area contributed by atoms with E-state index in [9.17, 15) is 9.59 Å². The number of rotatable bonds is 7. The second-order valence-corrected chi connectivity index (χ2v) is 9.66. The van der Waals surface area contributed by atoms with Gasteiger partial charge in [-0.2, -0.15) is 0 Å². The van der Waals surface area contributed by atoms with Gasteiger partial charge in [0.1, 0.15) is 5.75 Å². The number of carbonyl (C=O) groups is 2. The average molecular weight is 495 g/mol. The number of pyridine rings is 1. The first-order chi connectivity index (χ1) is 16.5. The van der Waals surface area contributed by atoms with Gasteiger partial charge < -0.3 is 4.74 Å². The quantitative estimate of drug-likeness (QED) is 0.355. The van der Waals surface area contributed by atoms with Crippen molar-refractivity contribution in [1.29, 1.82) is 0 Å². The molecule has 9 heteroatoms. The van der Waals surface area contributed by atoms with Gasteiger partial charge in [0.05, 0.1) is 29.6 Å². The zero-order chi connectivity index (χ0) is 23.8. The standard InChI is InChI=1S/C25H23ClN4O3S/c1-15-18(12-23(31)29(14-16-3-4-16)25-28-9-10-34-25)19-11-17(33-2)5-6-22(19)30(15)24(32)20-13-27-8-7-21(20)26/h5-11,13,16H,3-4,12,14H2,1-2H3. The van der Waals surface area contributed by atoms with Crippen LogP contribution in [0.1, 0.15) is 34.5 Å². The molecule has 0 aliphatic heterocycles. The smallest absolute Gasteiger partial charge is 0.265 e. The van der Waals surface area contributed by atoms with Crippen molar-refractivity contribution in [2.75, 3.05) is 18.6 Å². The molecule has 4 aromatic rings. The molecule has 3 aromatic heterocycles. The monoisotopic (exact) mass is 494 g/mol. The van der Waals surface area contributed by atoms with Crippen LogP contribution in [0.4, 0.5) is 5.13 Å². The topological polar surface area (TPSA) is 77.3 Å². The molecule has 1 aliphatic rings. The number of ether oxygens (including phenoxy) is 1. The first-order valence-electron chi connectivity index (χ1n) is 11.0. The minimum Gasteiger partial charge on any atom is -0.497 e. The lowest BCUT2D eigenvalue weighted by Crippen LogP contribution is -2.34. The molecule has 3 heterocycles. The Labute approximate surface area is 206 Å². The van der Waals surface area contributed by atoms with Crippen LogP contribution in [-0.4, -0.2) is 40.0 Å². The first kappa shape index (κ1) is 22.6. The van der Waals surface area contributed by atoms with E-state index in [1.807, 2.05) is 24.4 Å². The molecule has 1 amide bonds. The molecule has 1 fully saturated rings. The first-order valence-corrected chi connectivity index (χ1v) is 12.3. The number of hydrogen-bond donors (Lipinski definition) is 0. The number of hydrogen-bond acceptors (Lipinski definition) is 6. The second-order valence-electron chi connectivity index (χ2n) is 8.38. The highest BCUT2D eigenvalue weighted by molar-refractivity contribution is 7.13. The average Bonchev–Trinajstić information content (AvgIpc) is 3.42. The molecule has 34 heavy (non-hydrogen) atoms. The molecule has 0 bridgehead atoms. The molecular formula is C25H23ClN4O3S. The number of benzene rings is 1. The third-order valence-corrected chi connectivity index (χ3v) is 7.28. The Bertz CT molecular complexity index is 1380. The number of anilines is 1. The number of thiazole rings is 1. The number of halogens is 1. The van der Waals surface area contributed by atoms with Crippen molar-refractivity contribution in [2.24, 2.45) is 5.92 Å². The third-order valence-electron chi connectivity index (χ3n) is 6.16. The molecule has 0 radical (unpaired) electrons. The van der Waals surface area contributed by atoms with E-state index in [-0.39, 0.29) is 18.2 Å². The Morgan fingerprint density at radius 2 is 2.09 bits per heavy atom. The number of carbonyl (C=O) groups excluding carboxylic acids is 2. The molecule has 1 aliphatic carbocycles. The normalized spacial score (nSPS) is 13.3. The van der Waals surface area contributed by atoms with E-state index >= 15 is 0 Å². The zero-order valence-corrected chi connectivity index (χ0v) is 20.4. The Morgan fingerprint density at radius 1 is 1.26 bits per heavy atom. The van der Waals surface area contributed by atoms with E-state index in [0.29, 0.717) is 45.1 Å². The van der Waals surface area contributed by atoms with Crippen LogP contribution in [0.3, 0.4) is 0 Å². The number of amides is 1. The van der Waals surface area contributed by atoms with E-state index < -0.39 is 0 Å². The summed E-state index contributed by atoms with van der Waals surface area (Å²) in [4.78, 5) is 37.3. The summed E-state index contributed by atoms with van der Waals surface area (Å²) < 4.78 is 7.04. The Kier molecular flexibility index (Phi) is 6.10. The molecule has 174 valence electrons. The van der Waals surface area contributed by atoms with Gasteiger partial charge in [-0.25, -0.2) is 4.98 Å². The molecule has 0 spiro atoms. The van der Waals surface area contributed by atoms with Gasteiger partial charge in [-0.1, -0.05) is 11.6 Å². The highest BCUT2D eigenvalue weighted by atomic mass is 35.5. The number of methoxy groups -OCH3 is 1. The minimum absolute atomic E-state index is 0.0429. The van der Waals surface area contributed by atoms with Crippen LogP contribution >= 0.6 is 22.9 Å². The van der Waals surface area contributed by atoms with Crippen molar-refractivity contribution in [3.8, 4) is 5.75 Å². The van der Waals surface area contributed by atoms with Crippen LogP contribution in [0.15, 0.2) is 48.2 Å². The van der Waals surface area contributed by atoms with Crippen LogP contribution in [0.5, 0.6) is 5.75 Å². The summed E-state index contributed by atoms with van der Waals surface area (Å²) in [5, 5.41) is 3.70. The molecule has 1 aromatic carbocycles. The molecule has 0 N–H and O–H groups in total. The summed E-state index contributed by atoms with van der Waals surface area (Å²) in [5.74, 6) is 0.836. The van der Waals surface area contributed by atoms with Crippen molar-refractivity contribution in [3.63, 3.8) is 0 Å². The molecule has 7 nitrogen and oxygen atoms in total. The zero-order valence-electron chi connectivity index (χ0n) is 18.8. The fraction of sp³-hybridized carbons (Fsp3) is 0.280. The van der Waals surface area contributed by atoms with Gasteiger partial charge in [0.2, 0.25) is 5.91 Å². The largest absolute Gasteiger partial charge is 0.497 e. The molecule has 5 rings (SSSR count). The summed E-state index contributed by atoms with van der Waals surface area (Å²) >= 11 is 7.76.